The number of piperidine rings is 1. The van der Waals surface area contributed by atoms with Crippen molar-refractivity contribution in [3.8, 4) is 0 Å². The lowest BCUT2D eigenvalue weighted by Crippen LogP contribution is -2.26. The standard InChI is InChI=1S/C14H17N3OS.ClH/c1-2-4-11(5-3-1)10-19-14-17-16-13(18-14)12-6-8-15-9-7-12;/h1-5,12,15H,6-10H2;1H. The summed E-state index contributed by atoms with van der Waals surface area (Å²) in [6, 6.07) is 10.3. The molecule has 1 aliphatic heterocycles. The van der Waals surface area contributed by atoms with E-state index in [9.17, 15) is 0 Å². The molecule has 1 aliphatic rings. The van der Waals surface area contributed by atoms with Crippen LogP contribution in [0.1, 0.15) is 30.2 Å². The Balaban J connectivity index is 0.00000147. The van der Waals surface area contributed by atoms with E-state index in [1.54, 1.807) is 11.8 Å². The fourth-order valence-corrected chi connectivity index (χ4v) is 2.96. The third-order valence-corrected chi connectivity index (χ3v) is 4.21. The second-order valence-electron chi connectivity index (χ2n) is 4.70. The molecule has 0 aliphatic carbocycles. The van der Waals surface area contributed by atoms with Crippen LogP contribution in [0.25, 0.3) is 0 Å². The van der Waals surface area contributed by atoms with Crippen LogP contribution in [-0.2, 0) is 5.75 Å². The third kappa shape index (κ3) is 3.98. The van der Waals surface area contributed by atoms with E-state index in [4.69, 9.17) is 4.42 Å². The maximum absolute atomic E-state index is 5.76. The van der Waals surface area contributed by atoms with Gasteiger partial charge in [-0.25, -0.2) is 0 Å². The number of thioether (sulfide) groups is 1. The monoisotopic (exact) mass is 311 g/mol. The lowest BCUT2D eigenvalue weighted by atomic mass is 9.98. The van der Waals surface area contributed by atoms with E-state index in [1.807, 2.05) is 18.2 Å². The first-order valence-corrected chi connectivity index (χ1v) is 7.61. The van der Waals surface area contributed by atoms with Gasteiger partial charge < -0.3 is 9.73 Å². The molecule has 0 atom stereocenters. The predicted molar refractivity (Wildman–Crippen MR) is 82.4 cm³/mol. The average Bonchev–Trinajstić information content (AvgIpc) is 2.96. The van der Waals surface area contributed by atoms with E-state index in [0.29, 0.717) is 11.1 Å². The maximum atomic E-state index is 5.76. The number of nitrogens with one attached hydrogen (secondary N) is 1. The lowest BCUT2D eigenvalue weighted by molar-refractivity contribution is 0.342. The molecule has 4 nitrogen and oxygen atoms in total. The number of aromatic nitrogens is 2. The Morgan fingerprint density at radius 1 is 1.15 bits per heavy atom. The highest BCUT2D eigenvalue weighted by Crippen LogP contribution is 2.28. The molecule has 0 bridgehead atoms. The van der Waals surface area contributed by atoms with Gasteiger partial charge in [0.05, 0.1) is 0 Å². The first-order valence-electron chi connectivity index (χ1n) is 6.62. The molecule has 20 heavy (non-hydrogen) atoms. The summed E-state index contributed by atoms with van der Waals surface area (Å²) in [7, 11) is 0. The van der Waals surface area contributed by atoms with Crippen LogP contribution in [0.5, 0.6) is 0 Å². The molecule has 1 aromatic heterocycles. The summed E-state index contributed by atoms with van der Waals surface area (Å²) in [5, 5.41) is 12.3. The minimum atomic E-state index is 0. The Bertz CT molecular complexity index is 514. The van der Waals surface area contributed by atoms with Crippen LogP contribution in [0.4, 0.5) is 0 Å². The zero-order chi connectivity index (χ0) is 12.9. The number of hydrogen-bond acceptors (Lipinski definition) is 5. The Labute approximate surface area is 129 Å². The van der Waals surface area contributed by atoms with Crippen LogP contribution in [0.2, 0.25) is 0 Å². The van der Waals surface area contributed by atoms with Gasteiger partial charge in [0.25, 0.3) is 5.22 Å². The van der Waals surface area contributed by atoms with Crippen LogP contribution in [0, 0.1) is 0 Å². The van der Waals surface area contributed by atoms with Crippen molar-refractivity contribution in [2.45, 2.75) is 29.7 Å². The molecule has 0 amide bonds. The first-order chi connectivity index (χ1) is 9.42. The molecule has 1 saturated heterocycles. The largest absolute Gasteiger partial charge is 0.416 e. The maximum Gasteiger partial charge on any atom is 0.276 e. The number of benzene rings is 1. The molecule has 108 valence electrons. The topological polar surface area (TPSA) is 51.0 Å². The number of nitrogens with zero attached hydrogens (tertiary/aromatic N) is 2. The van der Waals surface area contributed by atoms with Gasteiger partial charge in [0.2, 0.25) is 5.89 Å². The van der Waals surface area contributed by atoms with Gasteiger partial charge in [-0.05, 0) is 31.5 Å². The summed E-state index contributed by atoms with van der Waals surface area (Å²) in [4.78, 5) is 0. The second kappa shape index (κ2) is 7.67. The summed E-state index contributed by atoms with van der Waals surface area (Å²) in [5.74, 6) is 2.10. The van der Waals surface area contributed by atoms with Crippen molar-refractivity contribution in [2.75, 3.05) is 13.1 Å². The summed E-state index contributed by atoms with van der Waals surface area (Å²) < 4.78 is 5.76. The van der Waals surface area contributed by atoms with Crippen molar-refractivity contribution in [1.82, 2.24) is 15.5 Å². The van der Waals surface area contributed by atoms with Crippen molar-refractivity contribution in [2.24, 2.45) is 0 Å². The molecule has 2 heterocycles. The second-order valence-corrected chi connectivity index (χ2v) is 5.63. The van der Waals surface area contributed by atoms with Crippen molar-refractivity contribution >= 4 is 24.2 Å². The highest BCUT2D eigenvalue weighted by atomic mass is 35.5. The minimum Gasteiger partial charge on any atom is -0.416 e. The van der Waals surface area contributed by atoms with Crippen LogP contribution in [0.3, 0.4) is 0 Å². The van der Waals surface area contributed by atoms with E-state index in [2.05, 4.69) is 27.6 Å². The average molecular weight is 312 g/mol. The number of hydrogen-bond donors (Lipinski definition) is 1. The summed E-state index contributed by atoms with van der Waals surface area (Å²) in [6.45, 7) is 2.08. The highest BCUT2D eigenvalue weighted by molar-refractivity contribution is 7.98. The van der Waals surface area contributed by atoms with Crippen molar-refractivity contribution in [3.63, 3.8) is 0 Å². The third-order valence-electron chi connectivity index (χ3n) is 3.32. The zero-order valence-electron chi connectivity index (χ0n) is 11.1. The van der Waals surface area contributed by atoms with Gasteiger partial charge >= 0.3 is 0 Å². The molecule has 1 aromatic carbocycles. The van der Waals surface area contributed by atoms with E-state index >= 15 is 0 Å². The molecular weight excluding hydrogens is 294 g/mol. The van der Waals surface area contributed by atoms with Gasteiger partial charge in [0.1, 0.15) is 0 Å². The molecule has 0 radical (unpaired) electrons. The van der Waals surface area contributed by atoms with Crippen molar-refractivity contribution in [1.29, 1.82) is 0 Å². The zero-order valence-corrected chi connectivity index (χ0v) is 12.8. The SMILES string of the molecule is Cl.c1ccc(CSc2nnc(C3CCNCC3)o2)cc1. The van der Waals surface area contributed by atoms with Gasteiger partial charge in [-0.1, -0.05) is 42.1 Å². The molecule has 2 aromatic rings. The Kier molecular flexibility index (Phi) is 5.88. The summed E-state index contributed by atoms with van der Waals surface area (Å²) >= 11 is 1.60. The van der Waals surface area contributed by atoms with E-state index in [1.165, 1.54) is 5.56 Å². The first kappa shape index (κ1) is 15.4. The predicted octanol–water partition coefficient (Wildman–Crippen LogP) is 3.25. The summed E-state index contributed by atoms with van der Waals surface area (Å²) in [5.41, 5.74) is 1.27. The van der Waals surface area contributed by atoms with Gasteiger partial charge in [-0.15, -0.1) is 22.6 Å². The van der Waals surface area contributed by atoms with Crippen LogP contribution < -0.4 is 5.32 Å². The van der Waals surface area contributed by atoms with Crippen molar-refractivity contribution in [3.05, 3.63) is 41.8 Å². The number of halogens is 1. The van der Waals surface area contributed by atoms with Gasteiger partial charge in [-0.3, -0.25) is 0 Å². The number of rotatable bonds is 4. The quantitative estimate of drug-likeness (QED) is 0.878. The molecule has 3 rings (SSSR count). The molecule has 1 N–H and O–H groups in total. The van der Waals surface area contributed by atoms with E-state index < -0.39 is 0 Å². The van der Waals surface area contributed by atoms with Gasteiger partial charge in [0.15, 0.2) is 0 Å². The Morgan fingerprint density at radius 3 is 2.65 bits per heavy atom. The molecule has 6 heteroatoms. The van der Waals surface area contributed by atoms with Crippen LogP contribution in [-0.4, -0.2) is 23.3 Å². The molecule has 1 fully saturated rings. The van der Waals surface area contributed by atoms with E-state index in [-0.39, 0.29) is 12.4 Å². The molecular formula is C14H18ClN3OS. The van der Waals surface area contributed by atoms with Crippen molar-refractivity contribution < 1.29 is 4.42 Å². The normalized spacial score (nSPS) is 15.8. The Hall–Kier alpha value is -1.04. The fraction of sp³-hybridized carbons (Fsp3) is 0.429. The van der Waals surface area contributed by atoms with Crippen LogP contribution >= 0.6 is 24.2 Å². The van der Waals surface area contributed by atoms with Gasteiger partial charge in [0, 0.05) is 11.7 Å². The highest BCUT2D eigenvalue weighted by Gasteiger charge is 2.21. The summed E-state index contributed by atoms with van der Waals surface area (Å²) in [6.07, 6.45) is 2.18. The molecule has 0 unspecified atom stereocenters. The fourth-order valence-electron chi connectivity index (χ4n) is 2.23. The van der Waals surface area contributed by atoms with E-state index in [0.717, 1.165) is 37.6 Å². The van der Waals surface area contributed by atoms with Gasteiger partial charge in [-0.2, -0.15) is 0 Å². The minimum absolute atomic E-state index is 0. The smallest absolute Gasteiger partial charge is 0.276 e. The Morgan fingerprint density at radius 2 is 1.90 bits per heavy atom. The molecule has 0 saturated carbocycles. The lowest BCUT2D eigenvalue weighted by Gasteiger charge is -2.18. The van der Waals surface area contributed by atoms with Crippen LogP contribution in [0.15, 0.2) is 40.0 Å². The molecule has 0 spiro atoms.